The standard InChI is InChI=1S/C15H22N2O2S.CH3.ClH.Ru/c1-11-6-5-7-12(2)13(11)10-20(18,19)17-15-9-4-3-8-14(15)16;;;/h5-7,14-16H,3-4,8-10H2,1-2H3;1H3;1H;/q-2;-1;;+4/p-1. The van der Waals surface area contributed by atoms with E-state index in [9.17, 15) is 8.42 Å². The molecule has 0 radical (unpaired) electrons. The van der Waals surface area contributed by atoms with Gasteiger partial charge in [0.25, 0.3) is 0 Å². The molecule has 0 spiro atoms. The maximum absolute atomic E-state index is 12.3. The number of hydrogen-bond acceptors (Lipinski definition) is 2. The second kappa shape index (κ2) is 10.8. The Morgan fingerprint density at radius 1 is 1.22 bits per heavy atom. The minimum absolute atomic E-state index is 0. The number of nitrogens with one attached hydrogen (secondary N) is 1. The van der Waals surface area contributed by atoms with Crippen LogP contribution in [0.3, 0.4) is 0 Å². The molecule has 2 rings (SSSR count). The zero-order chi connectivity index (χ0) is 16.8. The van der Waals surface area contributed by atoms with Crippen LogP contribution in [0.2, 0.25) is 0 Å². The number of nitrogens with zero attached hydrogens (tertiary/aromatic N) is 1. The molecule has 1 aliphatic rings. The zero-order valence-electron chi connectivity index (χ0n) is 13.8. The van der Waals surface area contributed by atoms with Crippen LogP contribution >= 0.6 is 9.69 Å². The Morgan fingerprint density at radius 3 is 2.26 bits per heavy atom. The topological polar surface area (TPSA) is 72.0 Å². The molecule has 0 bridgehead atoms. The molecule has 7 heteroatoms. The monoisotopic (exact) mass is 446 g/mol. The van der Waals surface area contributed by atoms with Crippen LogP contribution < -0.4 is 0 Å². The van der Waals surface area contributed by atoms with Crippen molar-refractivity contribution in [2.45, 2.75) is 57.4 Å². The van der Waals surface area contributed by atoms with E-state index in [1.165, 1.54) is 0 Å². The van der Waals surface area contributed by atoms with Gasteiger partial charge in [0.2, 0.25) is 0 Å². The molecular formula is C16H25ClN2O2RuS. The second-order valence-corrected chi connectivity index (χ2v) is 7.32. The fourth-order valence-corrected chi connectivity index (χ4v) is 4.30. The third kappa shape index (κ3) is 7.19. The van der Waals surface area contributed by atoms with Gasteiger partial charge >= 0.3 is 27.0 Å². The van der Waals surface area contributed by atoms with Crippen molar-refractivity contribution < 1.29 is 25.7 Å². The molecular weight excluding hydrogens is 421 g/mol. The summed E-state index contributed by atoms with van der Waals surface area (Å²) < 4.78 is 28.5. The number of hydrogen-bond donors (Lipinski definition) is 0. The third-order valence-electron chi connectivity index (χ3n) is 4.00. The van der Waals surface area contributed by atoms with E-state index in [0.29, 0.717) is 0 Å². The van der Waals surface area contributed by atoms with Crippen LogP contribution in [0.1, 0.15) is 42.4 Å². The molecule has 0 amide bonds. The Morgan fingerprint density at radius 2 is 1.74 bits per heavy atom. The maximum atomic E-state index is 12.3. The van der Waals surface area contributed by atoms with E-state index in [0.717, 1.165) is 42.4 Å². The number of aryl methyl sites for hydroxylation is 2. The third-order valence-corrected chi connectivity index (χ3v) is 5.24. The Hall–Kier alpha value is 0.00338. The Bertz CT molecular complexity index is 561. The van der Waals surface area contributed by atoms with Gasteiger partial charge in [-0.25, -0.2) is 8.42 Å². The zero-order valence-corrected chi connectivity index (χ0v) is 17.1. The van der Waals surface area contributed by atoms with Crippen molar-refractivity contribution in [1.82, 2.24) is 0 Å². The molecule has 1 fully saturated rings. The molecule has 2 atom stereocenters. The normalized spacial score (nSPS) is 20.9. The second-order valence-electron chi connectivity index (χ2n) is 5.66. The molecule has 1 aromatic rings. The summed E-state index contributed by atoms with van der Waals surface area (Å²) in [7, 11) is 1.06. The average Bonchev–Trinajstić information content (AvgIpc) is 2.48. The number of sulfonamides is 1. The summed E-state index contributed by atoms with van der Waals surface area (Å²) in [6.45, 7) is 3.84. The van der Waals surface area contributed by atoms with E-state index in [1.54, 1.807) is 0 Å². The molecule has 0 heterocycles. The Kier molecular flexibility index (Phi) is 10.8. The van der Waals surface area contributed by atoms with Gasteiger partial charge in [-0.1, -0.05) is 43.9 Å². The van der Waals surface area contributed by atoms with Crippen LogP contribution in [0, 0.1) is 21.3 Å². The van der Waals surface area contributed by atoms with Crippen molar-refractivity contribution in [2.75, 3.05) is 0 Å². The molecule has 1 saturated carbocycles. The summed E-state index contributed by atoms with van der Waals surface area (Å²) in [5.74, 6) is -0.0469. The van der Waals surface area contributed by atoms with Crippen molar-refractivity contribution >= 4 is 19.7 Å². The van der Waals surface area contributed by atoms with E-state index in [-0.39, 0.29) is 25.3 Å². The van der Waals surface area contributed by atoms with Gasteiger partial charge in [-0.2, -0.15) is 6.04 Å². The fraction of sp³-hybridized carbons (Fsp3) is 0.562. The molecule has 132 valence electrons. The Labute approximate surface area is 155 Å². The summed E-state index contributed by atoms with van der Waals surface area (Å²) in [4.78, 5) is 0. The summed E-state index contributed by atoms with van der Waals surface area (Å²) in [5, 5.41) is 0. The van der Waals surface area contributed by atoms with Crippen molar-refractivity contribution in [3.05, 3.63) is 52.8 Å². The summed E-state index contributed by atoms with van der Waals surface area (Å²) in [6.07, 6.45) is 3.47. The first-order valence-corrected chi connectivity index (χ1v) is 11.1. The van der Waals surface area contributed by atoms with Gasteiger partial charge in [0, 0.05) is 0 Å². The quantitative estimate of drug-likeness (QED) is 0.482. The van der Waals surface area contributed by atoms with Crippen LogP contribution in [0.5, 0.6) is 0 Å². The van der Waals surface area contributed by atoms with Gasteiger partial charge in [-0.15, -0.1) is 6.04 Å². The fourth-order valence-electron chi connectivity index (χ4n) is 2.74. The van der Waals surface area contributed by atoms with Crippen LogP contribution in [-0.4, -0.2) is 20.5 Å². The van der Waals surface area contributed by atoms with Crippen LogP contribution in [0.4, 0.5) is 0 Å². The van der Waals surface area contributed by atoms with Crippen LogP contribution in [0.25, 0.3) is 10.5 Å². The molecule has 1 aliphatic carbocycles. The van der Waals surface area contributed by atoms with Crippen LogP contribution in [0.15, 0.2) is 18.2 Å². The SMILES string of the molecule is Cc1cccc(C)c1CS(=O)(=O)[N-]C1CCCCC1[NH-].[CH3-].[Cl][Ru+3]. The van der Waals surface area contributed by atoms with E-state index >= 15 is 0 Å². The molecule has 0 saturated heterocycles. The van der Waals surface area contributed by atoms with Gasteiger partial charge in [0.1, 0.15) is 0 Å². The van der Waals surface area contributed by atoms with Crippen molar-refractivity contribution in [1.29, 1.82) is 0 Å². The summed E-state index contributed by atoms with van der Waals surface area (Å²) in [5.41, 5.74) is 10.7. The Balaban J connectivity index is 0.00000155. The predicted octanol–water partition coefficient (Wildman–Crippen LogP) is 5.01. The van der Waals surface area contributed by atoms with Gasteiger partial charge < -0.3 is 17.9 Å². The van der Waals surface area contributed by atoms with Gasteiger partial charge in [-0.05, 0) is 30.5 Å². The number of halogens is 1. The molecule has 2 unspecified atom stereocenters. The first-order valence-electron chi connectivity index (χ1n) is 7.23. The van der Waals surface area contributed by atoms with E-state index in [4.69, 9.17) is 5.73 Å². The minimum atomic E-state index is -3.51. The molecule has 0 aliphatic heterocycles. The van der Waals surface area contributed by atoms with Gasteiger partial charge in [0.05, 0.1) is 15.8 Å². The van der Waals surface area contributed by atoms with E-state index in [2.05, 4.69) is 14.4 Å². The predicted molar refractivity (Wildman–Crippen MR) is 94.5 cm³/mol. The molecule has 0 aromatic heterocycles. The summed E-state index contributed by atoms with van der Waals surface area (Å²) >= 11 is 1.82. The van der Waals surface area contributed by atoms with Gasteiger partial charge in [-0.3, -0.25) is 0 Å². The first kappa shape index (κ1) is 23.0. The summed E-state index contributed by atoms with van der Waals surface area (Å²) in [6, 6.07) is 5.06. The molecule has 1 N–H and O–H groups in total. The van der Waals surface area contributed by atoms with Crippen molar-refractivity contribution in [3.8, 4) is 0 Å². The van der Waals surface area contributed by atoms with E-state index in [1.807, 2.05) is 49.4 Å². The number of rotatable bonds is 4. The van der Waals surface area contributed by atoms with E-state index < -0.39 is 10.0 Å². The van der Waals surface area contributed by atoms with Gasteiger partial charge in [0.15, 0.2) is 0 Å². The number of benzene rings is 1. The molecule has 1 aromatic carbocycles. The first-order chi connectivity index (χ1) is 10.4. The van der Waals surface area contributed by atoms with Crippen molar-refractivity contribution in [2.24, 2.45) is 0 Å². The molecule has 23 heavy (non-hydrogen) atoms. The van der Waals surface area contributed by atoms with Crippen molar-refractivity contribution in [3.63, 3.8) is 0 Å². The molecule has 4 nitrogen and oxygen atoms in total. The van der Waals surface area contributed by atoms with Crippen LogP contribution in [-0.2, 0) is 33.1 Å². The average molecular weight is 446 g/mol.